The topological polar surface area (TPSA) is 25.3 Å². The molecule has 0 N–H and O–H groups in total. The molecule has 0 aliphatic carbocycles. The van der Waals surface area contributed by atoms with Crippen LogP contribution >= 0.6 is 0 Å². The molecule has 0 saturated heterocycles. The molecule has 1 heterocycles. The third kappa shape index (κ3) is 48.7. The zero-order valence-corrected chi connectivity index (χ0v) is 64.6. The van der Waals surface area contributed by atoms with Crippen molar-refractivity contribution in [2.24, 2.45) is 0 Å². The van der Waals surface area contributed by atoms with Crippen LogP contribution in [0.25, 0.3) is 16.9 Å². The maximum atomic E-state index is 12.8. The molecule has 0 fully saturated rings. The Morgan fingerprint density at radius 1 is 0.228 bits per heavy atom. The van der Waals surface area contributed by atoms with Crippen LogP contribution in [0.15, 0.2) is 47.5 Å². The molecule has 0 atom stereocenters. The zero-order valence-electron chi connectivity index (χ0n) is 63.6. The molecule has 0 saturated carbocycles. The van der Waals surface area contributed by atoms with Gasteiger partial charge in [0, 0.05) is 22.3 Å². The Morgan fingerprint density at radius 2 is 0.402 bits per heavy atom. The number of allylic oxidation sites excluding steroid dienone is 2. The smallest absolute Gasteiger partial charge is 0.493 e. The summed E-state index contributed by atoms with van der Waals surface area (Å²) in [6.45, 7) is 26.2. The van der Waals surface area contributed by atoms with E-state index in [4.69, 9.17) is 0 Å². The van der Waals surface area contributed by atoms with Crippen molar-refractivity contribution in [1.82, 2.24) is 0 Å². The van der Waals surface area contributed by atoms with Crippen LogP contribution in [-0.2, 0) is 42.2 Å². The second-order valence-electron chi connectivity index (χ2n) is 28.9. The van der Waals surface area contributed by atoms with E-state index in [0.29, 0.717) is 0 Å². The number of aryl methyl sites for hydroxylation is 4. The summed E-state index contributed by atoms with van der Waals surface area (Å²) in [6, 6.07) is 14.8. The molecule has 2 nitrogen and oxygen atoms in total. The number of nitrogens with zero attached hydrogens (tertiary/aromatic N) is 2. The first kappa shape index (κ1) is 90.0. The fourth-order valence-corrected chi connectivity index (χ4v) is 13.9. The molecule has 1 aliphatic heterocycles. The van der Waals surface area contributed by atoms with Gasteiger partial charge in [-0.25, -0.2) is 4.70 Å². The van der Waals surface area contributed by atoms with E-state index in [1.54, 1.807) is 4.70 Å². The van der Waals surface area contributed by atoms with E-state index < -0.39 is 0 Å². The molecule has 0 unspecified atom stereocenters. The van der Waals surface area contributed by atoms with Crippen molar-refractivity contribution in [3.05, 3.63) is 100 Å². The van der Waals surface area contributed by atoms with Crippen molar-refractivity contribution in [1.29, 1.82) is 0 Å². The first-order valence-corrected chi connectivity index (χ1v) is 41.6. The van der Waals surface area contributed by atoms with Crippen molar-refractivity contribution in [2.45, 2.75) is 460 Å². The van der Waals surface area contributed by atoms with Gasteiger partial charge in [-0.05, 0) is 124 Å². The molecular weight excluding hydrogens is 1160 g/mol. The van der Waals surface area contributed by atoms with Gasteiger partial charge in [-0.1, -0.05) is 382 Å². The van der Waals surface area contributed by atoms with Crippen molar-refractivity contribution in [3.8, 4) is 0 Å². The fourth-order valence-electron chi connectivity index (χ4n) is 13.9. The predicted octanol–water partition coefficient (Wildman–Crippen LogP) is 31.8. The molecule has 0 spiro atoms. The summed E-state index contributed by atoms with van der Waals surface area (Å²) in [5.41, 5.74) is 26.1. The summed E-state index contributed by atoms with van der Waals surface area (Å²) in [7, 11) is 0. The maximum Gasteiger partial charge on any atom is 2.00 e. The Kier molecular flexibility index (Phi) is 67.4. The van der Waals surface area contributed by atoms with Gasteiger partial charge in [0.2, 0.25) is 11.4 Å². The summed E-state index contributed by atoms with van der Waals surface area (Å²) in [6.07, 6.45) is 84.4. The van der Waals surface area contributed by atoms with Gasteiger partial charge >= 0.3 is 16.5 Å². The van der Waals surface area contributed by atoms with E-state index in [2.05, 4.69) is 106 Å². The molecule has 0 aromatic heterocycles. The molecule has 3 heteroatoms. The average Bonchev–Trinajstić information content (AvgIpc) is 1.61. The molecule has 1 aliphatic rings. The van der Waals surface area contributed by atoms with Gasteiger partial charge in [0.25, 0.3) is 0 Å². The van der Waals surface area contributed by atoms with Gasteiger partial charge in [-0.3, -0.25) is 0 Å². The number of hydrogen-bond acceptors (Lipinski definition) is 0. The Bertz CT molecular complexity index is 1910. The minimum Gasteiger partial charge on any atom is -0.493 e. The third-order valence-electron chi connectivity index (χ3n) is 19.8. The molecule has 2 aromatic rings. The number of hydrogen-bond donors (Lipinski definition) is 0. The molecular formula is C89H160N2Ni. The fraction of sp³-hybridized carbons (Fsp3) is 0.798. The van der Waals surface area contributed by atoms with Crippen LogP contribution in [0.4, 0.5) is 0 Å². The van der Waals surface area contributed by atoms with Crippen molar-refractivity contribution in [3.63, 3.8) is 0 Å². The Labute approximate surface area is 589 Å². The van der Waals surface area contributed by atoms with Gasteiger partial charge in [0.15, 0.2) is 0 Å². The van der Waals surface area contributed by atoms with E-state index in [-0.39, 0.29) is 16.5 Å². The molecule has 2 aromatic carbocycles. The minimum absolute atomic E-state index is 0. The summed E-state index contributed by atoms with van der Waals surface area (Å²) in [5, 5.41) is 0. The van der Waals surface area contributed by atoms with E-state index in [9.17, 15) is 5.53 Å². The molecule has 92 heavy (non-hydrogen) atoms. The van der Waals surface area contributed by atoms with E-state index in [1.165, 1.54) is 398 Å². The van der Waals surface area contributed by atoms with Crippen molar-refractivity contribution < 1.29 is 21.2 Å². The first-order valence-electron chi connectivity index (χ1n) is 41.6. The van der Waals surface area contributed by atoms with Crippen LogP contribution in [0.3, 0.4) is 0 Å². The van der Waals surface area contributed by atoms with Crippen molar-refractivity contribution in [2.75, 3.05) is 0 Å². The van der Waals surface area contributed by atoms with Gasteiger partial charge in [-0.15, -0.1) is 0 Å². The maximum absolute atomic E-state index is 12.8. The molecule has 536 valence electrons. The van der Waals surface area contributed by atoms with E-state index in [0.717, 1.165) is 62.8 Å². The van der Waals surface area contributed by atoms with Crippen molar-refractivity contribution >= 4 is 11.4 Å². The second kappa shape index (κ2) is 68.9. The minimum atomic E-state index is 0. The molecule has 0 amide bonds. The normalized spacial score (nSPS) is 12.2. The Hall–Kier alpha value is -1.99. The van der Waals surface area contributed by atoms with E-state index in [1.807, 2.05) is 0 Å². The van der Waals surface area contributed by atoms with Gasteiger partial charge in [-0.2, -0.15) is 12.8 Å². The first-order chi connectivity index (χ1) is 44.8. The standard InChI is InChI=1S/C57H94N2.2C16H33.Ni/c1-7-13-19-21-22-23-24-25-26-27-28-29-30-31-35-41-55-54(40-34-20-14-8-2)56(52-44-48(36-17-11-5)42-50(46-52)38-32-15-9-3)59(58)57(55)53-45-49(37-18-12-6)43-51(47-53)39-33-16-10-4;2*1-3-5-7-9-11-13-15-16-14-12-10-8-6-4-2;/h42-47H,7-41H2,1-6H3;2*1,3-16H2,2H3;/q;2*-1;+2. The number of unbranched alkanes of at least 4 members (excludes halogenated alkanes) is 49. The van der Waals surface area contributed by atoms with Gasteiger partial charge in [0.1, 0.15) is 0 Å². The monoisotopic (exact) mass is 1320 g/mol. The second-order valence-corrected chi connectivity index (χ2v) is 28.9. The van der Waals surface area contributed by atoms with Crippen LogP contribution < -0.4 is 0 Å². The van der Waals surface area contributed by atoms with Crippen LogP contribution in [-0.4, -0.2) is 4.70 Å². The predicted molar refractivity (Wildman–Crippen MR) is 414 cm³/mol. The number of rotatable bonds is 63. The molecule has 3 rings (SSSR count). The molecule has 0 bridgehead atoms. The third-order valence-corrected chi connectivity index (χ3v) is 19.8. The number of benzene rings is 2. The van der Waals surface area contributed by atoms with Crippen LogP contribution in [0.5, 0.6) is 0 Å². The van der Waals surface area contributed by atoms with Crippen LogP contribution in [0.2, 0.25) is 0 Å². The largest absolute Gasteiger partial charge is 2.00 e. The van der Waals surface area contributed by atoms with Crippen LogP contribution in [0.1, 0.15) is 468 Å². The summed E-state index contributed by atoms with van der Waals surface area (Å²) < 4.78 is 1.71. The average molecular weight is 1320 g/mol. The quantitative estimate of drug-likeness (QED) is 0.0273. The van der Waals surface area contributed by atoms with E-state index >= 15 is 0 Å². The van der Waals surface area contributed by atoms with Gasteiger partial charge in [0.05, 0.1) is 0 Å². The van der Waals surface area contributed by atoms with Gasteiger partial charge < -0.3 is 19.4 Å². The van der Waals surface area contributed by atoms with Crippen LogP contribution in [0, 0.1) is 13.8 Å². The Balaban J connectivity index is 0.00000204. The zero-order chi connectivity index (χ0) is 66.1. The summed E-state index contributed by atoms with van der Waals surface area (Å²) >= 11 is 0. The SMILES string of the molecule is CCCCCCCCCCCCCCCCCC1=C(c2cc(CCCC)cc(CCCCC)c2)[N+](=[N-])C(c2cc(CCCC)cc(CCCCC)c2)=C1CCCCCC.[CH2-]CCCCCCCCCCCCCCC.[CH2-]CCCCCCCCCCCCCCC.[Ni+2]. The summed E-state index contributed by atoms with van der Waals surface area (Å²) in [4.78, 5) is 0. The summed E-state index contributed by atoms with van der Waals surface area (Å²) in [5.74, 6) is 0. The Morgan fingerprint density at radius 3 is 0.630 bits per heavy atom. The molecule has 0 radical (unpaired) electrons.